The molecule has 164 valence electrons. The standard InChI is InChI=1S/C24H29N3O4/c1-16-20(24(30)27-13-4-5-14-27)7-6-8-21(16)26-23(29)15-22(25-17(2)28)18-9-11-19(31-3)12-10-18/h6-12,22H,4-5,13-15H2,1-3H3,(H,25,28)(H,26,29). The van der Waals surface area contributed by atoms with Crippen molar-refractivity contribution < 1.29 is 19.1 Å². The highest BCUT2D eigenvalue weighted by Gasteiger charge is 2.23. The molecule has 2 aromatic carbocycles. The van der Waals surface area contributed by atoms with E-state index in [2.05, 4.69) is 10.6 Å². The van der Waals surface area contributed by atoms with Crippen LogP contribution in [0.15, 0.2) is 42.5 Å². The van der Waals surface area contributed by atoms with Crippen LogP contribution in [-0.2, 0) is 9.59 Å². The Morgan fingerprint density at radius 2 is 1.74 bits per heavy atom. The van der Waals surface area contributed by atoms with Crippen molar-refractivity contribution in [3.05, 3.63) is 59.2 Å². The van der Waals surface area contributed by atoms with Gasteiger partial charge in [0.1, 0.15) is 5.75 Å². The number of methoxy groups -OCH3 is 1. The number of ether oxygens (including phenoxy) is 1. The van der Waals surface area contributed by atoms with Gasteiger partial charge >= 0.3 is 0 Å². The van der Waals surface area contributed by atoms with Crippen LogP contribution in [0, 0.1) is 6.92 Å². The van der Waals surface area contributed by atoms with Crippen molar-refractivity contribution in [3.63, 3.8) is 0 Å². The summed E-state index contributed by atoms with van der Waals surface area (Å²) in [4.78, 5) is 39.1. The van der Waals surface area contributed by atoms with Crippen LogP contribution < -0.4 is 15.4 Å². The van der Waals surface area contributed by atoms with E-state index in [0.717, 1.165) is 37.1 Å². The summed E-state index contributed by atoms with van der Waals surface area (Å²) in [5, 5.41) is 5.74. The third-order valence-electron chi connectivity index (χ3n) is 5.52. The van der Waals surface area contributed by atoms with Gasteiger partial charge in [-0.25, -0.2) is 0 Å². The first kappa shape index (κ1) is 22.3. The van der Waals surface area contributed by atoms with E-state index in [0.29, 0.717) is 17.0 Å². The van der Waals surface area contributed by atoms with Crippen molar-refractivity contribution in [2.75, 3.05) is 25.5 Å². The van der Waals surface area contributed by atoms with Crippen molar-refractivity contribution in [1.82, 2.24) is 10.2 Å². The molecular weight excluding hydrogens is 394 g/mol. The number of likely N-dealkylation sites (tertiary alicyclic amines) is 1. The van der Waals surface area contributed by atoms with Gasteiger partial charge in [-0.2, -0.15) is 0 Å². The van der Waals surface area contributed by atoms with Crippen LogP contribution >= 0.6 is 0 Å². The number of nitrogens with one attached hydrogen (secondary N) is 2. The van der Waals surface area contributed by atoms with Gasteiger partial charge in [-0.05, 0) is 55.2 Å². The number of benzene rings is 2. The van der Waals surface area contributed by atoms with Gasteiger partial charge in [0.25, 0.3) is 5.91 Å². The summed E-state index contributed by atoms with van der Waals surface area (Å²) in [6.45, 7) is 4.81. The summed E-state index contributed by atoms with van der Waals surface area (Å²) in [7, 11) is 1.58. The second-order valence-electron chi connectivity index (χ2n) is 7.76. The SMILES string of the molecule is COc1ccc(C(CC(=O)Nc2cccc(C(=O)N3CCCC3)c2C)NC(C)=O)cc1. The average molecular weight is 424 g/mol. The number of hydrogen-bond donors (Lipinski definition) is 2. The number of nitrogens with zero attached hydrogens (tertiary/aromatic N) is 1. The summed E-state index contributed by atoms with van der Waals surface area (Å²) >= 11 is 0. The van der Waals surface area contributed by atoms with E-state index < -0.39 is 6.04 Å². The van der Waals surface area contributed by atoms with Gasteiger partial charge < -0.3 is 20.3 Å². The number of carbonyl (C=O) groups excluding carboxylic acids is 3. The van der Waals surface area contributed by atoms with Crippen LogP contribution in [-0.4, -0.2) is 42.8 Å². The zero-order valence-corrected chi connectivity index (χ0v) is 18.2. The minimum atomic E-state index is -0.474. The van der Waals surface area contributed by atoms with Gasteiger partial charge in [-0.15, -0.1) is 0 Å². The van der Waals surface area contributed by atoms with E-state index in [9.17, 15) is 14.4 Å². The first-order chi connectivity index (χ1) is 14.9. The Kier molecular flexibility index (Phi) is 7.28. The molecule has 0 aliphatic carbocycles. The van der Waals surface area contributed by atoms with Gasteiger partial charge in [-0.1, -0.05) is 18.2 Å². The normalized spacial score (nSPS) is 14.1. The molecule has 1 unspecified atom stereocenters. The second kappa shape index (κ2) is 10.1. The fourth-order valence-electron chi connectivity index (χ4n) is 3.81. The molecule has 0 aromatic heterocycles. The van der Waals surface area contributed by atoms with Crippen molar-refractivity contribution in [3.8, 4) is 5.75 Å². The Hall–Kier alpha value is -3.35. The molecule has 1 fully saturated rings. The molecular formula is C24H29N3O4. The molecule has 7 nitrogen and oxygen atoms in total. The van der Waals surface area contributed by atoms with E-state index in [1.54, 1.807) is 37.4 Å². The molecule has 1 heterocycles. The lowest BCUT2D eigenvalue weighted by atomic mass is 10.0. The molecule has 3 rings (SSSR count). The Morgan fingerprint density at radius 3 is 2.35 bits per heavy atom. The van der Waals surface area contributed by atoms with Crippen molar-refractivity contribution in [1.29, 1.82) is 0 Å². The molecule has 1 saturated heterocycles. The Balaban J connectivity index is 1.73. The number of rotatable bonds is 7. The molecule has 0 saturated carbocycles. The van der Waals surface area contributed by atoms with Crippen LogP contribution in [0.25, 0.3) is 0 Å². The van der Waals surface area contributed by atoms with Crippen LogP contribution in [0.2, 0.25) is 0 Å². The maximum Gasteiger partial charge on any atom is 0.254 e. The Bertz CT molecular complexity index is 950. The van der Waals surface area contributed by atoms with Gasteiger partial charge in [0.15, 0.2) is 0 Å². The van der Waals surface area contributed by atoms with E-state index in [4.69, 9.17) is 4.74 Å². The third kappa shape index (κ3) is 5.63. The maximum absolute atomic E-state index is 12.8. The largest absolute Gasteiger partial charge is 0.497 e. The summed E-state index contributed by atoms with van der Waals surface area (Å²) < 4.78 is 5.17. The predicted molar refractivity (Wildman–Crippen MR) is 119 cm³/mol. The number of carbonyl (C=O) groups is 3. The van der Waals surface area contributed by atoms with Gasteiger partial charge in [0.05, 0.1) is 19.6 Å². The maximum atomic E-state index is 12.8. The summed E-state index contributed by atoms with van der Waals surface area (Å²) in [5.41, 5.74) is 2.76. The Labute approximate surface area is 182 Å². The summed E-state index contributed by atoms with van der Waals surface area (Å²) in [6, 6.07) is 12.1. The van der Waals surface area contributed by atoms with E-state index in [1.807, 2.05) is 24.0 Å². The minimum Gasteiger partial charge on any atom is -0.497 e. The molecule has 3 amide bonds. The molecule has 1 aliphatic rings. The first-order valence-electron chi connectivity index (χ1n) is 10.5. The quantitative estimate of drug-likeness (QED) is 0.714. The van der Waals surface area contributed by atoms with Crippen molar-refractivity contribution in [2.45, 2.75) is 39.2 Å². The van der Waals surface area contributed by atoms with Crippen LogP contribution in [0.4, 0.5) is 5.69 Å². The van der Waals surface area contributed by atoms with Gasteiger partial charge in [-0.3, -0.25) is 14.4 Å². The fourth-order valence-corrected chi connectivity index (χ4v) is 3.81. The number of hydrogen-bond acceptors (Lipinski definition) is 4. The smallest absolute Gasteiger partial charge is 0.254 e. The third-order valence-corrected chi connectivity index (χ3v) is 5.52. The molecule has 1 aliphatic heterocycles. The number of anilines is 1. The molecule has 2 N–H and O–H groups in total. The minimum absolute atomic E-state index is 0.000421. The number of amides is 3. The molecule has 7 heteroatoms. The van der Waals surface area contributed by atoms with Crippen LogP contribution in [0.1, 0.15) is 53.7 Å². The zero-order chi connectivity index (χ0) is 22.4. The lowest BCUT2D eigenvalue weighted by molar-refractivity contribution is -0.120. The van der Waals surface area contributed by atoms with E-state index in [-0.39, 0.29) is 24.1 Å². The summed E-state index contributed by atoms with van der Waals surface area (Å²) in [5.74, 6) is 0.233. The Morgan fingerprint density at radius 1 is 1.06 bits per heavy atom. The monoisotopic (exact) mass is 423 g/mol. The fraction of sp³-hybridized carbons (Fsp3) is 0.375. The van der Waals surface area contributed by atoms with E-state index in [1.165, 1.54) is 6.92 Å². The highest BCUT2D eigenvalue weighted by Crippen LogP contribution is 2.24. The molecule has 0 radical (unpaired) electrons. The molecule has 31 heavy (non-hydrogen) atoms. The summed E-state index contributed by atoms with van der Waals surface area (Å²) in [6.07, 6.45) is 2.11. The zero-order valence-electron chi connectivity index (χ0n) is 18.2. The van der Waals surface area contributed by atoms with Gasteiger partial charge in [0, 0.05) is 31.3 Å². The molecule has 0 bridgehead atoms. The molecule has 1 atom stereocenters. The van der Waals surface area contributed by atoms with E-state index >= 15 is 0 Å². The van der Waals surface area contributed by atoms with Gasteiger partial charge in [0.2, 0.25) is 11.8 Å². The topological polar surface area (TPSA) is 87.7 Å². The predicted octanol–water partition coefficient (Wildman–Crippen LogP) is 3.45. The average Bonchev–Trinajstić information content (AvgIpc) is 3.29. The van der Waals surface area contributed by atoms with Crippen LogP contribution in [0.3, 0.4) is 0 Å². The van der Waals surface area contributed by atoms with Crippen molar-refractivity contribution >= 4 is 23.4 Å². The second-order valence-corrected chi connectivity index (χ2v) is 7.76. The van der Waals surface area contributed by atoms with Crippen LogP contribution in [0.5, 0.6) is 5.75 Å². The lowest BCUT2D eigenvalue weighted by Crippen LogP contribution is -2.30. The van der Waals surface area contributed by atoms with Crippen molar-refractivity contribution in [2.24, 2.45) is 0 Å². The molecule has 2 aromatic rings. The lowest BCUT2D eigenvalue weighted by Gasteiger charge is -2.20. The highest BCUT2D eigenvalue weighted by molar-refractivity contribution is 5.99. The highest BCUT2D eigenvalue weighted by atomic mass is 16.5. The molecule has 0 spiro atoms. The first-order valence-corrected chi connectivity index (χ1v) is 10.5.